The van der Waals surface area contributed by atoms with Crippen molar-refractivity contribution in [2.24, 2.45) is 0 Å². The minimum absolute atomic E-state index is 0.249. The summed E-state index contributed by atoms with van der Waals surface area (Å²) >= 11 is 1.70. The first-order valence-electron chi connectivity index (χ1n) is 4.83. The lowest BCUT2D eigenvalue weighted by Gasteiger charge is -2.11. The quantitative estimate of drug-likeness (QED) is 0.862. The first-order valence-corrected chi connectivity index (χ1v) is 5.77. The van der Waals surface area contributed by atoms with Crippen molar-refractivity contribution in [3.05, 3.63) is 40.3 Å². The molecule has 15 heavy (non-hydrogen) atoms. The van der Waals surface area contributed by atoms with Gasteiger partial charge in [-0.2, -0.15) is 11.3 Å². The second kappa shape index (κ2) is 4.40. The fourth-order valence-corrected chi connectivity index (χ4v) is 2.02. The number of rotatable bonds is 3. The highest BCUT2D eigenvalue weighted by Gasteiger charge is 2.06. The zero-order chi connectivity index (χ0) is 10.7. The average molecular weight is 219 g/mol. The van der Waals surface area contributed by atoms with Crippen molar-refractivity contribution >= 4 is 17.3 Å². The van der Waals surface area contributed by atoms with Gasteiger partial charge in [-0.3, -0.25) is 0 Å². The molecule has 4 heteroatoms. The molecule has 3 nitrogen and oxygen atoms in total. The molecular formula is C11H13N3S. The fraction of sp³-hybridized carbons (Fsp3) is 0.273. The third-order valence-electron chi connectivity index (χ3n) is 2.17. The predicted octanol–water partition coefficient (Wildman–Crippen LogP) is 3.02. The zero-order valence-corrected chi connectivity index (χ0v) is 9.58. The van der Waals surface area contributed by atoms with Crippen LogP contribution in [0.1, 0.15) is 24.1 Å². The number of thiophene rings is 1. The number of hydrogen-bond donors (Lipinski definition) is 1. The van der Waals surface area contributed by atoms with Gasteiger partial charge < -0.3 is 5.32 Å². The Hall–Kier alpha value is -1.42. The van der Waals surface area contributed by atoms with Gasteiger partial charge in [-0.25, -0.2) is 9.97 Å². The molecule has 0 bridgehead atoms. The van der Waals surface area contributed by atoms with Crippen LogP contribution in [0.3, 0.4) is 0 Å². The molecule has 1 N–H and O–H groups in total. The Bertz CT molecular complexity index is 408. The standard InChI is InChI=1S/C11H13N3S/c1-8-5-12-11(13-6-8)14-9(2)10-3-4-15-7-10/h3-7,9H,1-2H3,(H,12,13,14). The van der Waals surface area contributed by atoms with Crippen molar-refractivity contribution in [2.75, 3.05) is 5.32 Å². The van der Waals surface area contributed by atoms with E-state index in [0.29, 0.717) is 5.95 Å². The number of aromatic nitrogens is 2. The third-order valence-corrected chi connectivity index (χ3v) is 2.87. The van der Waals surface area contributed by atoms with Crippen molar-refractivity contribution in [1.29, 1.82) is 0 Å². The van der Waals surface area contributed by atoms with Crippen LogP contribution in [0.25, 0.3) is 0 Å². The Morgan fingerprint density at radius 1 is 1.33 bits per heavy atom. The summed E-state index contributed by atoms with van der Waals surface area (Å²) < 4.78 is 0. The molecule has 0 spiro atoms. The Labute approximate surface area is 93.2 Å². The Balaban J connectivity index is 2.06. The van der Waals surface area contributed by atoms with Gasteiger partial charge in [0, 0.05) is 12.4 Å². The molecule has 0 aliphatic rings. The van der Waals surface area contributed by atoms with Crippen molar-refractivity contribution < 1.29 is 0 Å². The van der Waals surface area contributed by atoms with Gasteiger partial charge >= 0.3 is 0 Å². The van der Waals surface area contributed by atoms with Crippen molar-refractivity contribution in [2.45, 2.75) is 19.9 Å². The van der Waals surface area contributed by atoms with Crippen LogP contribution >= 0.6 is 11.3 Å². The van der Waals surface area contributed by atoms with Crippen LogP contribution in [0.4, 0.5) is 5.95 Å². The van der Waals surface area contributed by atoms with E-state index < -0.39 is 0 Å². The molecule has 2 rings (SSSR count). The van der Waals surface area contributed by atoms with Crippen molar-refractivity contribution in [3.63, 3.8) is 0 Å². The van der Waals surface area contributed by atoms with Crippen LogP contribution in [0.5, 0.6) is 0 Å². The van der Waals surface area contributed by atoms with Crippen LogP contribution in [0.2, 0.25) is 0 Å². The number of nitrogens with one attached hydrogen (secondary N) is 1. The Morgan fingerprint density at radius 3 is 2.67 bits per heavy atom. The summed E-state index contributed by atoms with van der Waals surface area (Å²) in [7, 11) is 0. The molecule has 0 saturated heterocycles. The zero-order valence-electron chi connectivity index (χ0n) is 8.77. The molecule has 0 amide bonds. The minimum Gasteiger partial charge on any atom is -0.348 e. The summed E-state index contributed by atoms with van der Waals surface area (Å²) in [4.78, 5) is 8.42. The van der Waals surface area contributed by atoms with Crippen LogP contribution in [-0.4, -0.2) is 9.97 Å². The maximum atomic E-state index is 4.21. The van der Waals surface area contributed by atoms with E-state index in [1.165, 1.54) is 5.56 Å². The highest BCUT2D eigenvalue weighted by atomic mass is 32.1. The highest BCUT2D eigenvalue weighted by Crippen LogP contribution is 2.18. The van der Waals surface area contributed by atoms with Gasteiger partial charge in [-0.05, 0) is 41.8 Å². The lowest BCUT2D eigenvalue weighted by Crippen LogP contribution is -2.08. The largest absolute Gasteiger partial charge is 0.348 e. The topological polar surface area (TPSA) is 37.8 Å². The van der Waals surface area contributed by atoms with E-state index in [1.807, 2.05) is 19.3 Å². The van der Waals surface area contributed by atoms with Gasteiger partial charge in [-0.15, -0.1) is 0 Å². The minimum atomic E-state index is 0.249. The maximum Gasteiger partial charge on any atom is 0.223 e. The molecule has 0 fully saturated rings. The summed E-state index contributed by atoms with van der Waals surface area (Å²) in [6.45, 7) is 4.08. The van der Waals surface area contributed by atoms with Crippen LogP contribution in [-0.2, 0) is 0 Å². The molecule has 0 aromatic carbocycles. The molecule has 78 valence electrons. The third kappa shape index (κ3) is 2.53. The number of hydrogen-bond acceptors (Lipinski definition) is 4. The van der Waals surface area contributed by atoms with E-state index in [0.717, 1.165) is 5.56 Å². The predicted molar refractivity (Wildman–Crippen MR) is 63.1 cm³/mol. The van der Waals surface area contributed by atoms with Gasteiger partial charge in [0.05, 0.1) is 6.04 Å². The van der Waals surface area contributed by atoms with Crippen LogP contribution in [0.15, 0.2) is 29.2 Å². The number of nitrogens with zero attached hydrogens (tertiary/aromatic N) is 2. The van der Waals surface area contributed by atoms with Gasteiger partial charge in [0.2, 0.25) is 5.95 Å². The Kier molecular flexibility index (Phi) is 2.97. The number of anilines is 1. The summed E-state index contributed by atoms with van der Waals surface area (Å²) in [5, 5.41) is 7.46. The second-order valence-electron chi connectivity index (χ2n) is 3.51. The molecule has 2 aromatic heterocycles. The molecule has 0 aliphatic heterocycles. The van der Waals surface area contributed by atoms with E-state index in [9.17, 15) is 0 Å². The average Bonchev–Trinajstić information content (AvgIpc) is 2.74. The van der Waals surface area contributed by atoms with Gasteiger partial charge in [0.15, 0.2) is 0 Å². The number of aryl methyl sites for hydroxylation is 1. The van der Waals surface area contributed by atoms with Crippen molar-refractivity contribution in [1.82, 2.24) is 9.97 Å². The van der Waals surface area contributed by atoms with Crippen LogP contribution < -0.4 is 5.32 Å². The van der Waals surface area contributed by atoms with E-state index in [2.05, 4.69) is 39.0 Å². The summed E-state index contributed by atoms with van der Waals surface area (Å²) in [6.07, 6.45) is 3.63. The summed E-state index contributed by atoms with van der Waals surface area (Å²) in [6, 6.07) is 2.36. The first-order chi connectivity index (χ1) is 7.25. The molecule has 2 heterocycles. The molecule has 0 aliphatic carbocycles. The highest BCUT2D eigenvalue weighted by molar-refractivity contribution is 7.07. The normalized spacial score (nSPS) is 12.4. The van der Waals surface area contributed by atoms with E-state index in [4.69, 9.17) is 0 Å². The molecular weight excluding hydrogens is 206 g/mol. The smallest absolute Gasteiger partial charge is 0.223 e. The molecule has 0 saturated carbocycles. The first kappa shape index (κ1) is 10.1. The molecule has 1 unspecified atom stereocenters. The lowest BCUT2D eigenvalue weighted by atomic mass is 10.2. The van der Waals surface area contributed by atoms with Crippen molar-refractivity contribution in [3.8, 4) is 0 Å². The summed E-state index contributed by atoms with van der Waals surface area (Å²) in [5.74, 6) is 0.680. The van der Waals surface area contributed by atoms with E-state index in [1.54, 1.807) is 11.3 Å². The van der Waals surface area contributed by atoms with Gasteiger partial charge in [0.1, 0.15) is 0 Å². The molecule has 0 radical (unpaired) electrons. The second-order valence-corrected chi connectivity index (χ2v) is 4.29. The molecule has 2 aromatic rings. The maximum absolute atomic E-state index is 4.21. The fourth-order valence-electron chi connectivity index (χ4n) is 1.27. The SMILES string of the molecule is Cc1cnc(NC(C)c2ccsc2)nc1. The van der Waals surface area contributed by atoms with E-state index in [-0.39, 0.29) is 6.04 Å². The van der Waals surface area contributed by atoms with E-state index >= 15 is 0 Å². The summed E-state index contributed by atoms with van der Waals surface area (Å²) in [5.41, 5.74) is 2.34. The van der Waals surface area contributed by atoms with Crippen LogP contribution in [0, 0.1) is 6.92 Å². The molecule has 1 atom stereocenters. The monoisotopic (exact) mass is 219 g/mol. The Morgan fingerprint density at radius 2 is 2.07 bits per heavy atom. The van der Waals surface area contributed by atoms with Gasteiger partial charge in [-0.1, -0.05) is 0 Å². The van der Waals surface area contributed by atoms with Gasteiger partial charge in [0.25, 0.3) is 0 Å². The lowest BCUT2D eigenvalue weighted by molar-refractivity contribution is 0.863.